The Bertz CT molecular complexity index is 1340. The minimum atomic E-state index is -4.10. The van der Waals surface area contributed by atoms with Crippen LogP contribution < -0.4 is 14.5 Å². The highest BCUT2D eigenvalue weighted by Crippen LogP contribution is 2.30. The Morgan fingerprint density at radius 3 is 2.20 bits per heavy atom. The van der Waals surface area contributed by atoms with Gasteiger partial charge in [0.2, 0.25) is 11.8 Å². The van der Waals surface area contributed by atoms with E-state index in [4.69, 9.17) is 23.2 Å². The second-order valence-electron chi connectivity index (χ2n) is 8.20. The van der Waals surface area contributed by atoms with Crippen molar-refractivity contribution >= 4 is 62.1 Å². The van der Waals surface area contributed by atoms with Gasteiger partial charge in [0.15, 0.2) is 0 Å². The van der Waals surface area contributed by atoms with Gasteiger partial charge in [-0.2, -0.15) is 0 Å². The molecule has 3 aromatic rings. The van der Waals surface area contributed by atoms with Crippen LogP contribution in [0.4, 0.5) is 17.1 Å². The summed E-state index contributed by atoms with van der Waals surface area (Å²) in [5.41, 5.74) is 2.30. The molecule has 1 heterocycles. The summed E-state index contributed by atoms with van der Waals surface area (Å²) in [7, 11) is -4.10. The van der Waals surface area contributed by atoms with Crippen LogP contribution >= 0.6 is 23.2 Å². The summed E-state index contributed by atoms with van der Waals surface area (Å²) in [5, 5.41) is 3.20. The molecule has 0 atom stereocenters. The number of hydrogen-bond acceptors (Lipinski definition) is 4. The van der Waals surface area contributed by atoms with E-state index in [0.717, 1.165) is 22.0 Å². The van der Waals surface area contributed by atoms with E-state index in [0.29, 0.717) is 18.7 Å². The largest absolute Gasteiger partial charge is 0.325 e. The number of anilines is 3. The van der Waals surface area contributed by atoms with Crippen molar-refractivity contribution in [3.8, 4) is 0 Å². The minimum Gasteiger partial charge on any atom is -0.325 e. The molecule has 7 nitrogen and oxygen atoms in total. The molecule has 1 fully saturated rings. The molecule has 2 amide bonds. The van der Waals surface area contributed by atoms with Crippen molar-refractivity contribution in [1.29, 1.82) is 0 Å². The molecular formula is C25H23Cl2N3O4S. The maximum absolute atomic E-state index is 13.5. The third-order valence-corrected chi connectivity index (χ3v) is 7.79. The second kappa shape index (κ2) is 10.3. The Morgan fingerprint density at radius 1 is 1.00 bits per heavy atom. The predicted octanol–water partition coefficient (Wildman–Crippen LogP) is 5.26. The number of aryl methyl sites for hydroxylation is 1. The Labute approximate surface area is 214 Å². The number of amides is 2. The van der Waals surface area contributed by atoms with Crippen LogP contribution in [0.5, 0.6) is 0 Å². The Balaban J connectivity index is 1.58. The molecule has 3 aromatic carbocycles. The number of nitrogens with one attached hydrogen (secondary N) is 1. The molecule has 1 aliphatic rings. The van der Waals surface area contributed by atoms with Crippen LogP contribution in [0.1, 0.15) is 18.4 Å². The van der Waals surface area contributed by atoms with Crippen molar-refractivity contribution in [3.63, 3.8) is 0 Å². The summed E-state index contributed by atoms with van der Waals surface area (Å²) in [6.07, 6.45) is 1.34. The van der Waals surface area contributed by atoms with Crippen LogP contribution in [0, 0.1) is 6.92 Å². The summed E-state index contributed by atoms with van der Waals surface area (Å²) < 4.78 is 28.0. The lowest BCUT2D eigenvalue weighted by Gasteiger charge is -2.24. The second-order valence-corrected chi connectivity index (χ2v) is 10.9. The van der Waals surface area contributed by atoms with Crippen LogP contribution in [0.25, 0.3) is 0 Å². The molecule has 35 heavy (non-hydrogen) atoms. The summed E-state index contributed by atoms with van der Waals surface area (Å²) in [5.74, 6) is -0.485. The number of sulfonamides is 1. The van der Waals surface area contributed by atoms with Crippen LogP contribution in [-0.2, 0) is 19.6 Å². The maximum atomic E-state index is 13.5. The molecular weight excluding hydrogens is 509 g/mol. The third-order valence-electron chi connectivity index (χ3n) is 5.57. The lowest BCUT2D eigenvalue weighted by Crippen LogP contribution is -2.38. The van der Waals surface area contributed by atoms with Crippen LogP contribution in [0.3, 0.4) is 0 Å². The van der Waals surface area contributed by atoms with Crippen LogP contribution in [-0.4, -0.2) is 33.3 Å². The van der Waals surface area contributed by atoms with E-state index in [9.17, 15) is 18.0 Å². The Morgan fingerprint density at radius 2 is 1.63 bits per heavy atom. The summed E-state index contributed by atoms with van der Waals surface area (Å²) >= 11 is 12.2. The fourth-order valence-electron chi connectivity index (χ4n) is 3.81. The zero-order valence-corrected chi connectivity index (χ0v) is 21.2. The van der Waals surface area contributed by atoms with Crippen molar-refractivity contribution in [2.45, 2.75) is 24.7 Å². The standard InChI is InChI=1S/C25H23Cl2N3O4S/c1-17-4-10-23(11-5-17)35(33,34)30(22-14-18(26)13-19(27)15-22)16-24(31)28-20-6-8-21(9-7-20)29-12-2-3-25(29)32/h4-11,13-15H,2-3,12,16H2,1H3,(H,28,31). The van der Waals surface area contributed by atoms with Crippen molar-refractivity contribution < 1.29 is 18.0 Å². The zero-order chi connectivity index (χ0) is 25.2. The molecule has 1 N–H and O–H groups in total. The first-order valence-corrected chi connectivity index (χ1v) is 13.1. The molecule has 0 unspecified atom stereocenters. The van der Waals surface area contributed by atoms with E-state index < -0.39 is 22.5 Å². The monoisotopic (exact) mass is 531 g/mol. The molecule has 0 radical (unpaired) electrons. The summed E-state index contributed by atoms with van der Waals surface area (Å²) in [6.45, 7) is 2.01. The van der Waals surface area contributed by atoms with Crippen LogP contribution in [0.2, 0.25) is 10.0 Å². The Hall–Kier alpha value is -3.07. The van der Waals surface area contributed by atoms with Gasteiger partial charge in [0.05, 0.1) is 10.6 Å². The number of halogens is 2. The lowest BCUT2D eigenvalue weighted by molar-refractivity contribution is -0.117. The van der Waals surface area contributed by atoms with E-state index in [1.54, 1.807) is 41.3 Å². The van der Waals surface area contributed by atoms with Gasteiger partial charge in [-0.25, -0.2) is 8.42 Å². The molecule has 0 aromatic heterocycles. The van der Waals surface area contributed by atoms with E-state index in [-0.39, 0.29) is 26.5 Å². The van der Waals surface area contributed by atoms with Crippen LogP contribution in [0.15, 0.2) is 71.6 Å². The molecule has 0 saturated carbocycles. The molecule has 1 aliphatic heterocycles. The molecule has 182 valence electrons. The SMILES string of the molecule is Cc1ccc(S(=O)(=O)N(CC(=O)Nc2ccc(N3CCCC3=O)cc2)c2cc(Cl)cc(Cl)c2)cc1. The van der Waals surface area contributed by atoms with Crippen molar-refractivity contribution in [1.82, 2.24) is 0 Å². The number of rotatable bonds is 7. The van der Waals surface area contributed by atoms with Gasteiger partial charge in [-0.15, -0.1) is 0 Å². The smallest absolute Gasteiger partial charge is 0.264 e. The highest BCUT2D eigenvalue weighted by molar-refractivity contribution is 7.92. The zero-order valence-electron chi connectivity index (χ0n) is 18.9. The first-order chi connectivity index (χ1) is 16.6. The van der Waals surface area contributed by atoms with Crippen molar-refractivity contribution in [2.75, 3.05) is 27.6 Å². The molecule has 0 spiro atoms. The fraction of sp³-hybridized carbons (Fsp3) is 0.200. The van der Waals surface area contributed by atoms with E-state index in [2.05, 4.69) is 5.32 Å². The highest BCUT2D eigenvalue weighted by Gasteiger charge is 2.28. The predicted molar refractivity (Wildman–Crippen MR) is 139 cm³/mol. The van der Waals surface area contributed by atoms with Gasteiger partial charge in [0.1, 0.15) is 6.54 Å². The van der Waals surface area contributed by atoms with Gasteiger partial charge in [-0.1, -0.05) is 40.9 Å². The maximum Gasteiger partial charge on any atom is 0.264 e. The minimum absolute atomic E-state index is 0.0339. The van der Waals surface area contributed by atoms with Gasteiger partial charge in [0.25, 0.3) is 10.0 Å². The molecule has 0 aliphatic carbocycles. The number of benzene rings is 3. The quantitative estimate of drug-likeness (QED) is 0.450. The number of nitrogens with zero attached hydrogens (tertiary/aromatic N) is 2. The van der Waals surface area contributed by atoms with Gasteiger partial charge >= 0.3 is 0 Å². The van der Waals surface area contributed by atoms with Crippen molar-refractivity contribution in [2.24, 2.45) is 0 Å². The van der Waals surface area contributed by atoms with E-state index in [1.807, 2.05) is 6.92 Å². The van der Waals surface area contributed by atoms with Gasteiger partial charge in [0, 0.05) is 34.4 Å². The first-order valence-electron chi connectivity index (χ1n) is 10.9. The third kappa shape index (κ3) is 5.78. The highest BCUT2D eigenvalue weighted by atomic mass is 35.5. The fourth-order valence-corrected chi connectivity index (χ4v) is 5.73. The summed E-state index contributed by atoms with van der Waals surface area (Å²) in [6, 6.07) is 17.5. The number of carbonyl (C=O) groups excluding carboxylic acids is 2. The topological polar surface area (TPSA) is 86.8 Å². The summed E-state index contributed by atoms with van der Waals surface area (Å²) in [4.78, 5) is 26.6. The Kier molecular flexibility index (Phi) is 7.35. The molecule has 4 rings (SSSR count). The number of hydrogen-bond donors (Lipinski definition) is 1. The molecule has 0 bridgehead atoms. The van der Waals surface area contributed by atoms with E-state index >= 15 is 0 Å². The van der Waals surface area contributed by atoms with Crippen molar-refractivity contribution in [3.05, 3.63) is 82.3 Å². The van der Waals surface area contributed by atoms with E-state index in [1.165, 1.54) is 30.3 Å². The average molecular weight is 532 g/mol. The van der Waals surface area contributed by atoms with Gasteiger partial charge in [-0.3, -0.25) is 13.9 Å². The number of carbonyl (C=O) groups is 2. The lowest BCUT2D eigenvalue weighted by atomic mass is 10.2. The van der Waals surface area contributed by atoms with Gasteiger partial charge < -0.3 is 10.2 Å². The van der Waals surface area contributed by atoms with Gasteiger partial charge in [-0.05, 0) is 67.9 Å². The molecule has 1 saturated heterocycles. The first kappa shape index (κ1) is 25.0. The average Bonchev–Trinajstić information content (AvgIpc) is 3.23. The normalized spacial score (nSPS) is 13.7. The molecule has 10 heteroatoms.